The molecule has 3 heterocycles. The van der Waals surface area contributed by atoms with Gasteiger partial charge in [-0.3, -0.25) is 9.00 Å². The summed E-state index contributed by atoms with van der Waals surface area (Å²) in [5.41, 5.74) is 5.96. The Bertz CT molecular complexity index is 760. The van der Waals surface area contributed by atoms with Crippen LogP contribution in [-0.2, 0) is 15.9 Å². The molecule has 1 atom stereocenters. The van der Waals surface area contributed by atoms with Crippen molar-refractivity contribution in [3.05, 3.63) is 35.8 Å². The molecule has 2 aliphatic heterocycles. The number of nitrogens with one attached hydrogen (secondary N) is 2. The Hall–Kier alpha value is -1.58. The van der Waals surface area contributed by atoms with E-state index in [1.54, 1.807) is 23.2 Å². The van der Waals surface area contributed by atoms with E-state index in [1.165, 1.54) is 36.3 Å². The number of benzene rings is 1. The molecule has 0 saturated carbocycles. The zero-order chi connectivity index (χ0) is 23.6. The largest absolute Gasteiger partial charge is 0.768 e. The van der Waals surface area contributed by atoms with Gasteiger partial charge in [-0.2, -0.15) is 12.6 Å². The zero-order valence-electron chi connectivity index (χ0n) is 19.5. The predicted molar refractivity (Wildman–Crippen MR) is 148 cm³/mol. The molecule has 2 fully saturated rings. The molecule has 1 amide bonds. The molecule has 0 spiro atoms. The van der Waals surface area contributed by atoms with Crippen molar-refractivity contribution in [1.29, 1.82) is 0 Å². The van der Waals surface area contributed by atoms with Crippen molar-refractivity contribution in [2.45, 2.75) is 37.5 Å². The predicted octanol–water partition coefficient (Wildman–Crippen LogP) is 1.51. The average molecular weight is 541 g/mol. The molecule has 1 unspecified atom stereocenters. The van der Waals surface area contributed by atoms with Gasteiger partial charge in [0.2, 0.25) is 5.91 Å². The number of anilines is 2. The summed E-state index contributed by atoms with van der Waals surface area (Å²) in [5.74, 6) is 1.14. The van der Waals surface area contributed by atoms with Crippen LogP contribution in [0, 0.1) is 0 Å². The number of hydrogen-bond acceptors (Lipinski definition) is 9. The van der Waals surface area contributed by atoms with Gasteiger partial charge in [0.25, 0.3) is 0 Å². The third-order valence-electron chi connectivity index (χ3n) is 4.33. The number of nitrogens with two attached hydrogens (primary N) is 1. The maximum atomic E-state index is 11.4. The van der Waals surface area contributed by atoms with Crippen LogP contribution < -0.4 is 21.3 Å². The van der Waals surface area contributed by atoms with E-state index in [0.717, 1.165) is 50.6 Å². The molecule has 0 radical (unpaired) electrons. The van der Waals surface area contributed by atoms with Gasteiger partial charge in [-0.05, 0) is 53.9 Å². The average Bonchev–Trinajstić information content (AvgIpc) is 3.48. The highest BCUT2D eigenvalue weighted by Gasteiger charge is 2.21. The number of unbranched alkanes of at least 4 members (excludes halogenated alkanes) is 1. The molecular formula is C21H42N5O5S3-. The van der Waals surface area contributed by atoms with Gasteiger partial charge in [-0.15, -0.1) is 11.3 Å². The van der Waals surface area contributed by atoms with Gasteiger partial charge >= 0.3 is 0 Å². The maximum Gasteiger partial charge on any atom is 0.227 e. The molecular weight excluding hydrogens is 498 g/mol. The van der Waals surface area contributed by atoms with E-state index >= 15 is 0 Å². The fourth-order valence-corrected chi connectivity index (χ4v) is 3.71. The Labute approximate surface area is 217 Å². The van der Waals surface area contributed by atoms with Crippen LogP contribution in [0.1, 0.15) is 35.5 Å². The summed E-state index contributed by atoms with van der Waals surface area (Å²) in [6.07, 6.45) is 5.65. The number of nitrogen functional groups attached to an aromatic ring is 1. The van der Waals surface area contributed by atoms with Crippen LogP contribution in [0.5, 0.6) is 0 Å². The number of hydrogen-bond donors (Lipinski definition) is 4. The summed E-state index contributed by atoms with van der Waals surface area (Å²) in [6, 6.07) is 6.33. The lowest BCUT2D eigenvalue weighted by Crippen LogP contribution is -2.39. The van der Waals surface area contributed by atoms with Crippen LogP contribution in [0.25, 0.3) is 0 Å². The zero-order valence-corrected chi connectivity index (χ0v) is 22.0. The molecule has 0 bridgehead atoms. The topological polar surface area (TPSA) is 186 Å². The van der Waals surface area contributed by atoms with Gasteiger partial charge < -0.3 is 36.8 Å². The van der Waals surface area contributed by atoms with Crippen LogP contribution in [0.15, 0.2) is 40.7 Å². The summed E-state index contributed by atoms with van der Waals surface area (Å²) < 4.78 is 21.2. The SMILES string of the molecule is C1CNCCN1.CCCCS.Nc1nccs1.O.O.O=C1CCCN1c1ccc(S(=O)[O-])cc1.[HH].[HH]. The van der Waals surface area contributed by atoms with Gasteiger partial charge in [0.15, 0.2) is 5.13 Å². The first kappa shape index (κ1) is 34.6. The third-order valence-corrected chi connectivity index (χ3v) is 5.91. The number of carbonyl (C=O) groups excluding carboxylic acids is 1. The minimum Gasteiger partial charge on any atom is -0.768 e. The molecule has 0 aliphatic carbocycles. The van der Waals surface area contributed by atoms with Crippen LogP contribution in [-0.4, -0.2) is 69.1 Å². The second-order valence-corrected chi connectivity index (χ2v) is 9.14. The number of nitrogens with zero attached hydrogens (tertiary/aromatic N) is 2. The summed E-state index contributed by atoms with van der Waals surface area (Å²) in [6.45, 7) is 7.44. The Morgan fingerprint density at radius 2 is 1.79 bits per heavy atom. The standard InChI is InChI=1S/C10H11NO3S.C4H10N2.C4H10S.C3H4N2S.2H2O.2H2/c12-10-2-1-7-11(10)8-3-5-9(6-4-8)15(13)14;1-2-6-4-3-5-1;1-2-3-4-5;4-3-5-1-2-6-3;;;;/h3-6H,1-2,7H2,(H,13,14);5-6H,1-4H2;5H,2-4H2,1H3;1-2H,(H2,4,5);2*1H2;2*1H/p-1. The molecule has 2 aromatic rings. The van der Waals surface area contributed by atoms with Crippen molar-refractivity contribution < 1.29 is 27.4 Å². The molecule has 1 aromatic heterocycles. The second kappa shape index (κ2) is 21.9. The van der Waals surface area contributed by atoms with Gasteiger partial charge in [-0.1, -0.05) is 13.3 Å². The number of carbonyl (C=O) groups is 1. The summed E-state index contributed by atoms with van der Waals surface area (Å²) in [7, 11) is 0. The van der Waals surface area contributed by atoms with Crippen LogP contribution in [0.4, 0.5) is 10.8 Å². The number of rotatable bonds is 4. The molecule has 1 aromatic carbocycles. The normalized spacial score (nSPS) is 15.0. The van der Waals surface area contributed by atoms with Crippen LogP contribution in [0.3, 0.4) is 0 Å². The number of piperazine rings is 1. The minimum absolute atomic E-state index is 0. The van der Waals surface area contributed by atoms with E-state index in [1.807, 2.05) is 5.38 Å². The highest BCUT2D eigenvalue weighted by atomic mass is 32.2. The first-order valence-corrected chi connectivity index (χ1v) is 13.2. The van der Waals surface area contributed by atoms with Gasteiger partial charge in [0.1, 0.15) is 0 Å². The lowest BCUT2D eigenvalue weighted by molar-refractivity contribution is -0.117. The molecule has 34 heavy (non-hydrogen) atoms. The van der Waals surface area contributed by atoms with E-state index in [-0.39, 0.29) is 24.6 Å². The first-order chi connectivity index (χ1) is 15.5. The number of amides is 1. The molecule has 2 saturated heterocycles. The second-order valence-electron chi connectivity index (χ2n) is 6.83. The minimum atomic E-state index is -2.20. The lowest BCUT2D eigenvalue weighted by Gasteiger charge is -2.16. The molecule has 200 valence electrons. The monoisotopic (exact) mass is 540 g/mol. The number of thiol groups is 1. The Balaban J connectivity index is -0.000000207. The quantitative estimate of drug-likeness (QED) is 0.334. The number of aromatic nitrogens is 1. The molecule has 13 heteroatoms. The van der Waals surface area contributed by atoms with Gasteiger partial charge in [0, 0.05) is 64.2 Å². The van der Waals surface area contributed by atoms with E-state index in [9.17, 15) is 13.6 Å². The Kier molecular flexibility index (Phi) is 22.3. The van der Waals surface area contributed by atoms with Crippen LogP contribution >= 0.6 is 24.0 Å². The van der Waals surface area contributed by atoms with Crippen molar-refractivity contribution in [3.8, 4) is 0 Å². The van der Waals surface area contributed by atoms with Crippen LogP contribution in [0.2, 0.25) is 0 Å². The van der Waals surface area contributed by atoms with E-state index < -0.39 is 11.1 Å². The van der Waals surface area contributed by atoms with Gasteiger partial charge in [-0.25, -0.2) is 4.98 Å². The van der Waals surface area contributed by atoms with Crippen molar-refractivity contribution in [3.63, 3.8) is 0 Å². The first-order valence-electron chi connectivity index (χ1n) is 10.7. The lowest BCUT2D eigenvalue weighted by atomic mass is 10.3. The van der Waals surface area contributed by atoms with E-state index in [4.69, 9.17) is 5.73 Å². The third kappa shape index (κ3) is 15.3. The van der Waals surface area contributed by atoms with Crippen molar-refractivity contribution >= 4 is 51.8 Å². The number of thiazole rings is 1. The Morgan fingerprint density at radius 3 is 2.06 bits per heavy atom. The fraction of sp³-hybridized carbons (Fsp3) is 0.524. The van der Waals surface area contributed by atoms with Crippen molar-refractivity contribution in [2.24, 2.45) is 0 Å². The van der Waals surface area contributed by atoms with Crippen molar-refractivity contribution in [2.75, 3.05) is 49.1 Å². The highest BCUT2D eigenvalue weighted by molar-refractivity contribution is 7.80. The summed E-state index contributed by atoms with van der Waals surface area (Å²) in [5, 5.41) is 8.92. The van der Waals surface area contributed by atoms with Gasteiger partial charge in [0.05, 0.1) is 0 Å². The van der Waals surface area contributed by atoms with E-state index in [0.29, 0.717) is 11.6 Å². The maximum absolute atomic E-state index is 11.4. The summed E-state index contributed by atoms with van der Waals surface area (Å²) >= 11 is 3.24. The van der Waals surface area contributed by atoms with Crippen molar-refractivity contribution in [1.82, 2.24) is 15.6 Å². The molecule has 8 N–H and O–H groups in total. The summed E-state index contributed by atoms with van der Waals surface area (Å²) in [4.78, 5) is 17.0. The fourth-order valence-electron chi connectivity index (χ4n) is 2.65. The molecule has 4 rings (SSSR count). The highest BCUT2D eigenvalue weighted by Crippen LogP contribution is 2.22. The van der Waals surface area contributed by atoms with E-state index in [2.05, 4.69) is 35.2 Å². The molecule has 10 nitrogen and oxygen atoms in total. The Morgan fingerprint density at radius 1 is 1.21 bits per heavy atom. The smallest absolute Gasteiger partial charge is 0.227 e. The molecule has 2 aliphatic rings.